The van der Waals surface area contributed by atoms with Gasteiger partial charge in [0.25, 0.3) is 0 Å². The number of aryl methyl sites for hydroxylation is 1. The second kappa shape index (κ2) is 10.9. The van der Waals surface area contributed by atoms with E-state index in [2.05, 4.69) is 47.6 Å². The molecule has 0 saturated carbocycles. The van der Waals surface area contributed by atoms with E-state index in [1.807, 2.05) is 12.1 Å². The topological polar surface area (TPSA) is 20.2 Å². The van der Waals surface area contributed by atoms with Crippen LogP contribution in [0.2, 0.25) is 0 Å². The number of phenols is 1. The minimum Gasteiger partial charge on any atom is -0.508 e. The van der Waals surface area contributed by atoms with Gasteiger partial charge in [-0.05, 0) is 72.6 Å². The summed E-state index contributed by atoms with van der Waals surface area (Å²) in [7, 11) is 0. The molecule has 0 aliphatic rings. The van der Waals surface area contributed by atoms with Crippen molar-refractivity contribution in [3.63, 3.8) is 0 Å². The highest BCUT2D eigenvalue weighted by molar-refractivity contribution is 5.35. The Labute approximate surface area is 157 Å². The Morgan fingerprint density at radius 3 is 2.24 bits per heavy atom. The molecule has 0 radical (unpaired) electrons. The first-order chi connectivity index (χ1) is 11.8. The molecule has 1 nitrogen and oxygen atoms in total. The Bertz CT molecular complexity index is 489. The predicted molar refractivity (Wildman–Crippen MR) is 111 cm³/mol. The van der Waals surface area contributed by atoms with Crippen molar-refractivity contribution in [3.8, 4) is 5.75 Å². The van der Waals surface area contributed by atoms with Gasteiger partial charge in [0.2, 0.25) is 0 Å². The number of unbranched alkanes of at least 4 members (excludes halogenated alkanes) is 3. The summed E-state index contributed by atoms with van der Waals surface area (Å²) >= 11 is 0. The van der Waals surface area contributed by atoms with Crippen LogP contribution in [-0.4, -0.2) is 5.11 Å². The Hall–Kier alpha value is -0.980. The fraction of sp³-hybridized carbons (Fsp3) is 0.750. The molecule has 25 heavy (non-hydrogen) atoms. The zero-order chi connectivity index (χ0) is 18.9. The lowest BCUT2D eigenvalue weighted by Gasteiger charge is -2.28. The van der Waals surface area contributed by atoms with Crippen LogP contribution in [0.25, 0.3) is 0 Å². The summed E-state index contributed by atoms with van der Waals surface area (Å²) in [6.45, 7) is 14.1. The van der Waals surface area contributed by atoms with Crippen molar-refractivity contribution in [1.29, 1.82) is 0 Å². The molecule has 0 bridgehead atoms. The van der Waals surface area contributed by atoms with Crippen LogP contribution in [0.5, 0.6) is 5.75 Å². The third-order valence-electron chi connectivity index (χ3n) is 5.93. The number of aromatic hydroxyl groups is 1. The highest BCUT2D eigenvalue weighted by atomic mass is 16.3. The van der Waals surface area contributed by atoms with Gasteiger partial charge in [-0.3, -0.25) is 0 Å². The monoisotopic (exact) mass is 346 g/mol. The Morgan fingerprint density at radius 1 is 0.920 bits per heavy atom. The molecule has 0 saturated heterocycles. The van der Waals surface area contributed by atoms with Gasteiger partial charge < -0.3 is 5.11 Å². The van der Waals surface area contributed by atoms with Gasteiger partial charge in [-0.15, -0.1) is 0 Å². The van der Waals surface area contributed by atoms with Crippen molar-refractivity contribution in [2.24, 2.45) is 11.3 Å². The lowest BCUT2D eigenvalue weighted by Crippen LogP contribution is -2.15. The van der Waals surface area contributed by atoms with Crippen molar-refractivity contribution in [3.05, 3.63) is 29.3 Å². The largest absolute Gasteiger partial charge is 0.508 e. The molecule has 1 aromatic rings. The molecule has 1 N–H and O–H groups in total. The summed E-state index contributed by atoms with van der Waals surface area (Å²) in [4.78, 5) is 0. The number of hydrogen-bond acceptors (Lipinski definition) is 1. The molecule has 2 atom stereocenters. The van der Waals surface area contributed by atoms with Crippen LogP contribution in [0.1, 0.15) is 110 Å². The Kier molecular flexibility index (Phi) is 9.61. The summed E-state index contributed by atoms with van der Waals surface area (Å²) in [6.07, 6.45) is 11.4. The van der Waals surface area contributed by atoms with Gasteiger partial charge in [0, 0.05) is 0 Å². The molecule has 1 aromatic carbocycles. The maximum absolute atomic E-state index is 10.1. The predicted octanol–water partition coefficient (Wildman–Crippen LogP) is 7.86. The summed E-state index contributed by atoms with van der Waals surface area (Å²) in [5.41, 5.74) is 3.05. The quantitative estimate of drug-likeness (QED) is 0.382. The number of rotatable bonds is 12. The van der Waals surface area contributed by atoms with Crippen LogP contribution < -0.4 is 0 Å². The van der Waals surface area contributed by atoms with Gasteiger partial charge in [0.05, 0.1) is 0 Å². The van der Waals surface area contributed by atoms with E-state index in [1.165, 1.54) is 62.5 Å². The van der Waals surface area contributed by atoms with E-state index >= 15 is 0 Å². The fourth-order valence-corrected chi connectivity index (χ4v) is 3.66. The van der Waals surface area contributed by atoms with Gasteiger partial charge in [-0.2, -0.15) is 0 Å². The van der Waals surface area contributed by atoms with Gasteiger partial charge in [-0.25, -0.2) is 0 Å². The number of hydrogen-bond donors (Lipinski definition) is 1. The third kappa shape index (κ3) is 8.29. The first-order valence-electron chi connectivity index (χ1n) is 10.6. The molecule has 0 aliphatic heterocycles. The lowest BCUT2D eigenvalue weighted by molar-refractivity contribution is 0.259. The van der Waals surface area contributed by atoms with Gasteiger partial charge in [-0.1, -0.05) is 73.3 Å². The molecule has 0 aliphatic carbocycles. The maximum atomic E-state index is 10.1. The van der Waals surface area contributed by atoms with Crippen molar-refractivity contribution >= 4 is 0 Å². The zero-order valence-corrected chi connectivity index (χ0v) is 17.7. The molecule has 0 heterocycles. The normalized spacial score (nSPS) is 14.5. The molecule has 1 rings (SSSR count). The maximum Gasteiger partial charge on any atom is 0.116 e. The molecule has 144 valence electrons. The van der Waals surface area contributed by atoms with Crippen LogP contribution in [0.15, 0.2) is 18.2 Å². The standard InChI is InChI=1S/C24H42O/c1-7-9-11-14-24(5,6)15-13-19(3)20(4)22-16-21(12-10-8-2)17-23(25)18-22/h16-20,25H,7-15H2,1-6H3. The van der Waals surface area contributed by atoms with E-state index in [0.29, 0.717) is 23.0 Å². The summed E-state index contributed by atoms with van der Waals surface area (Å²) < 4.78 is 0. The zero-order valence-electron chi connectivity index (χ0n) is 17.7. The summed E-state index contributed by atoms with van der Waals surface area (Å²) in [6, 6.07) is 6.24. The lowest BCUT2D eigenvalue weighted by atomic mass is 9.77. The molecular weight excluding hydrogens is 304 g/mol. The molecule has 0 amide bonds. The van der Waals surface area contributed by atoms with Gasteiger partial charge in [0.15, 0.2) is 0 Å². The van der Waals surface area contributed by atoms with Crippen LogP contribution in [0.4, 0.5) is 0 Å². The van der Waals surface area contributed by atoms with Crippen molar-refractivity contribution in [2.45, 2.75) is 105 Å². The van der Waals surface area contributed by atoms with E-state index in [9.17, 15) is 5.11 Å². The molecular formula is C24H42O. The highest BCUT2D eigenvalue weighted by Gasteiger charge is 2.21. The molecule has 0 aromatic heterocycles. The number of phenolic OH excluding ortho intramolecular Hbond substituents is 1. The van der Waals surface area contributed by atoms with Crippen LogP contribution in [0.3, 0.4) is 0 Å². The van der Waals surface area contributed by atoms with E-state index in [4.69, 9.17) is 0 Å². The average Bonchev–Trinajstić information content (AvgIpc) is 2.57. The smallest absolute Gasteiger partial charge is 0.116 e. The Morgan fingerprint density at radius 2 is 1.60 bits per heavy atom. The SMILES string of the molecule is CCCCCC(C)(C)CCC(C)C(C)c1cc(O)cc(CCCC)c1. The first kappa shape index (κ1) is 22.1. The van der Waals surface area contributed by atoms with Crippen LogP contribution in [0, 0.1) is 11.3 Å². The van der Waals surface area contributed by atoms with Crippen LogP contribution in [-0.2, 0) is 6.42 Å². The highest BCUT2D eigenvalue weighted by Crippen LogP contribution is 2.36. The molecule has 0 fully saturated rings. The van der Waals surface area contributed by atoms with Crippen molar-refractivity contribution in [2.75, 3.05) is 0 Å². The summed E-state index contributed by atoms with van der Waals surface area (Å²) in [5, 5.41) is 10.1. The van der Waals surface area contributed by atoms with E-state index < -0.39 is 0 Å². The Balaban J connectivity index is 2.63. The molecule has 1 heteroatoms. The van der Waals surface area contributed by atoms with Crippen LogP contribution >= 0.6 is 0 Å². The second-order valence-corrected chi connectivity index (χ2v) is 8.96. The van der Waals surface area contributed by atoms with E-state index in [1.54, 1.807) is 0 Å². The molecule has 2 unspecified atom stereocenters. The first-order valence-corrected chi connectivity index (χ1v) is 10.6. The second-order valence-electron chi connectivity index (χ2n) is 8.96. The van der Waals surface area contributed by atoms with Crippen molar-refractivity contribution < 1.29 is 5.11 Å². The average molecular weight is 347 g/mol. The fourth-order valence-electron chi connectivity index (χ4n) is 3.66. The van der Waals surface area contributed by atoms with Gasteiger partial charge >= 0.3 is 0 Å². The molecule has 0 spiro atoms. The van der Waals surface area contributed by atoms with Gasteiger partial charge in [0.1, 0.15) is 5.75 Å². The minimum absolute atomic E-state index is 0.433. The van der Waals surface area contributed by atoms with E-state index in [-0.39, 0.29) is 0 Å². The third-order valence-corrected chi connectivity index (χ3v) is 5.93. The number of benzene rings is 1. The summed E-state index contributed by atoms with van der Waals surface area (Å²) in [5.74, 6) is 1.58. The minimum atomic E-state index is 0.433. The van der Waals surface area contributed by atoms with Crippen molar-refractivity contribution in [1.82, 2.24) is 0 Å². The van der Waals surface area contributed by atoms with E-state index in [0.717, 1.165) is 6.42 Å².